The molecule has 1 fully saturated rings. The fourth-order valence-electron chi connectivity index (χ4n) is 2.46. The first kappa shape index (κ1) is 12.9. The molecule has 1 aliphatic rings. The predicted octanol–water partition coefficient (Wildman–Crippen LogP) is 1.16. The summed E-state index contributed by atoms with van der Waals surface area (Å²) in [5.41, 5.74) is 1.76. The molecule has 5 nitrogen and oxygen atoms in total. The Morgan fingerprint density at radius 1 is 1.35 bits per heavy atom. The van der Waals surface area contributed by atoms with E-state index in [1.54, 1.807) is 12.3 Å². The number of amides is 1. The molecule has 0 bridgehead atoms. The van der Waals surface area contributed by atoms with E-state index in [4.69, 9.17) is 5.11 Å². The Morgan fingerprint density at radius 2 is 2.15 bits per heavy atom. The zero-order chi connectivity index (χ0) is 13.9. The van der Waals surface area contributed by atoms with Crippen LogP contribution in [0.1, 0.15) is 28.4 Å². The van der Waals surface area contributed by atoms with E-state index < -0.39 is 0 Å². The smallest absolute Gasteiger partial charge is 0.269 e. The third kappa shape index (κ3) is 2.58. The number of benzene rings is 1. The maximum atomic E-state index is 12.2. The lowest BCUT2D eigenvalue weighted by Crippen LogP contribution is -2.29. The van der Waals surface area contributed by atoms with Crippen molar-refractivity contribution in [3.63, 3.8) is 0 Å². The minimum Gasteiger partial charge on any atom is -0.394 e. The highest BCUT2D eigenvalue weighted by Crippen LogP contribution is 2.40. The molecule has 0 unspecified atom stereocenters. The van der Waals surface area contributed by atoms with Gasteiger partial charge in [-0.1, -0.05) is 30.3 Å². The molecule has 3 rings (SSSR count). The van der Waals surface area contributed by atoms with Crippen LogP contribution < -0.4 is 5.32 Å². The fraction of sp³-hybridized carbons (Fsp3) is 0.333. The highest BCUT2D eigenvalue weighted by Gasteiger charge is 2.39. The summed E-state index contributed by atoms with van der Waals surface area (Å²) >= 11 is 0. The zero-order valence-electron chi connectivity index (χ0n) is 11.1. The normalized spacial score (nSPS) is 20.6. The van der Waals surface area contributed by atoms with Gasteiger partial charge in [0.15, 0.2) is 0 Å². The van der Waals surface area contributed by atoms with Crippen LogP contribution in [0, 0.1) is 0 Å². The summed E-state index contributed by atoms with van der Waals surface area (Å²) in [4.78, 5) is 12.2. The van der Waals surface area contributed by atoms with E-state index in [9.17, 15) is 4.79 Å². The van der Waals surface area contributed by atoms with Crippen molar-refractivity contribution in [1.29, 1.82) is 0 Å². The van der Waals surface area contributed by atoms with Crippen molar-refractivity contribution < 1.29 is 9.90 Å². The Labute approximate surface area is 117 Å². The number of hydrogen-bond donors (Lipinski definition) is 2. The molecule has 5 heteroatoms. The van der Waals surface area contributed by atoms with Crippen LogP contribution in [-0.2, 0) is 6.54 Å². The molecular formula is C15H17N3O2. The third-order valence-corrected chi connectivity index (χ3v) is 3.60. The molecule has 2 N–H and O–H groups in total. The van der Waals surface area contributed by atoms with Crippen LogP contribution in [0.5, 0.6) is 0 Å². The van der Waals surface area contributed by atoms with Gasteiger partial charge in [0.25, 0.3) is 5.91 Å². The lowest BCUT2D eigenvalue weighted by molar-refractivity contribution is 0.0938. The highest BCUT2D eigenvalue weighted by molar-refractivity contribution is 5.93. The van der Waals surface area contributed by atoms with Crippen molar-refractivity contribution in [3.8, 4) is 0 Å². The first-order chi connectivity index (χ1) is 9.79. The number of rotatable bonds is 5. The van der Waals surface area contributed by atoms with Crippen molar-refractivity contribution >= 4 is 5.91 Å². The molecule has 104 valence electrons. The van der Waals surface area contributed by atoms with Gasteiger partial charge in [0, 0.05) is 18.2 Å². The average molecular weight is 271 g/mol. The van der Waals surface area contributed by atoms with Gasteiger partial charge in [-0.05, 0) is 18.1 Å². The molecule has 2 aromatic rings. The van der Waals surface area contributed by atoms with E-state index >= 15 is 0 Å². The molecule has 0 aliphatic heterocycles. The number of carbonyl (C=O) groups excluding carboxylic acids is 1. The number of hydrogen-bond acceptors (Lipinski definition) is 3. The molecule has 1 aliphatic carbocycles. The summed E-state index contributed by atoms with van der Waals surface area (Å²) in [7, 11) is 0. The minimum absolute atomic E-state index is 0.0297. The van der Waals surface area contributed by atoms with Crippen LogP contribution in [0.15, 0.2) is 42.6 Å². The van der Waals surface area contributed by atoms with E-state index in [-0.39, 0.29) is 18.6 Å². The third-order valence-electron chi connectivity index (χ3n) is 3.60. The van der Waals surface area contributed by atoms with Gasteiger partial charge in [-0.3, -0.25) is 9.48 Å². The Bertz CT molecular complexity index is 594. The second-order valence-electron chi connectivity index (χ2n) is 5.00. The predicted molar refractivity (Wildman–Crippen MR) is 74.4 cm³/mol. The molecule has 0 radical (unpaired) electrons. The van der Waals surface area contributed by atoms with Gasteiger partial charge in [-0.2, -0.15) is 5.10 Å². The van der Waals surface area contributed by atoms with Crippen LogP contribution in [0.3, 0.4) is 0 Å². The summed E-state index contributed by atoms with van der Waals surface area (Å²) in [6, 6.07) is 12.1. The summed E-state index contributed by atoms with van der Waals surface area (Å²) in [5, 5.41) is 16.0. The molecule has 1 amide bonds. The summed E-state index contributed by atoms with van der Waals surface area (Å²) in [5.74, 6) is 0.286. The quantitative estimate of drug-likeness (QED) is 0.857. The van der Waals surface area contributed by atoms with E-state index in [0.29, 0.717) is 18.2 Å². The number of nitrogens with zero attached hydrogens (tertiary/aromatic N) is 2. The SMILES string of the molecule is O=C(N[C@@H]1C[C@H]1c1ccccc1)c1ccnn1CCO. The van der Waals surface area contributed by atoms with Crippen LogP contribution in [0.4, 0.5) is 0 Å². The van der Waals surface area contributed by atoms with Crippen molar-refractivity contribution in [1.82, 2.24) is 15.1 Å². The van der Waals surface area contributed by atoms with E-state index in [0.717, 1.165) is 6.42 Å². The van der Waals surface area contributed by atoms with Gasteiger partial charge in [0.05, 0.1) is 13.2 Å². The molecule has 1 aromatic carbocycles. The number of carbonyl (C=O) groups is 1. The summed E-state index contributed by atoms with van der Waals surface area (Å²) in [6.45, 7) is 0.306. The molecule has 1 aromatic heterocycles. The molecule has 0 saturated heterocycles. The lowest BCUT2D eigenvalue weighted by atomic mass is 10.1. The topological polar surface area (TPSA) is 67.2 Å². The molecule has 1 saturated carbocycles. The maximum absolute atomic E-state index is 12.2. The summed E-state index contributed by atoms with van der Waals surface area (Å²) in [6.07, 6.45) is 2.55. The van der Waals surface area contributed by atoms with Crippen molar-refractivity contribution in [2.45, 2.75) is 24.9 Å². The first-order valence-electron chi connectivity index (χ1n) is 6.78. The first-order valence-corrected chi connectivity index (χ1v) is 6.78. The van der Waals surface area contributed by atoms with Gasteiger partial charge in [-0.25, -0.2) is 0 Å². The van der Waals surface area contributed by atoms with Crippen LogP contribution >= 0.6 is 0 Å². The van der Waals surface area contributed by atoms with Crippen LogP contribution in [-0.4, -0.2) is 33.4 Å². The van der Waals surface area contributed by atoms with Crippen LogP contribution in [0.2, 0.25) is 0 Å². The van der Waals surface area contributed by atoms with Crippen molar-refractivity contribution in [2.24, 2.45) is 0 Å². The largest absolute Gasteiger partial charge is 0.394 e. The van der Waals surface area contributed by atoms with Gasteiger partial charge >= 0.3 is 0 Å². The summed E-state index contributed by atoms with van der Waals surface area (Å²) < 4.78 is 1.52. The average Bonchev–Trinajstić information content (AvgIpc) is 3.07. The zero-order valence-corrected chi connectivity index (χ0v) is 11.1. The molecule has 2 atom stereocenters. The Morgan fingerprint density at radius 3 is 2.90 bits per heavy atom. The molecule has 20 heavy (non-hydrogen) atoms. The number of nitrogens with one attached hydrogen (secondary N) is 1. The second-order valence-corrected chi connectivity index (χ2v) is 5.00. The molecule has 0 spiro atoms. The monoisotopic (exact) mass is 271 g/mol. The van der Waals surface area contributed by atoms with Crippen LogP contribution in [0.25, 0.3) is 0 Å². The van der Waals surface area contributed by atoms with E-state index in [1.165, 1.54) is 10.2 Å². The second kappa shape index (κ2) is 5.46. The van der Waals surface area contributed by atoms with Gasteiger partial charge in [0.2, 0.25) is 0 Å². The Kier molecular flexibility index (Phi) is 3.52. The number of aliphatic hydroxyl groups excluding tert-OH is 1. The van der Waals surface area contributed by atoms with E-state index in [2.05, 4.69) is 22.5 Å². The van der Waals surface area contributed by atoms with Gasteiger partial charge < -0.3 is 10.4 Å². The Balaban J connectivity index is 1.62. The number of aromatic nitrogens is 2. The Hall–Kier alpha value is -2.14. The minimum atomic E-state index is -0.126. The molecule has 1 heterocycles. The lowest BCUT2D eigenvalue weighted by Gasteiger charge is -2.07. The van der Waals surface area contributed by atoms with Gasteiger partial charge in [-0.15, -0.1) is 0 Å². The fourth-order valence-corrected chi connectivity index (χ4v) is 2.46. The standard InChI is InChI=1S/C15H17N3O2/c19-9-8-18-14(6-7-16-18)15(20)17-13-10-12(13)11-4-2-1-3-5-11/h1-7,12-13,19H,8-10H2,(H,17,20)/t12-,13+/m0/s1. The maximum Gasteiger partial charge on any atom is 0.269 e. The van der Waals surface area contributed by atoms with E-state index in [1.807, 2.05) is 18.2 Å². The highest BCUT2D eigenvalue weighted by atomic mass is 16.3. The van der Waals surface area contributed by atoms with Crippen molar-refractivity contribution in [2.75, 3.05) is 6.61 Å². The van der Waals surface area contributed by atoms with Gasteiger partial charge in [0.1, 0.15) is 5.69 Å². The molecular weight excluding hydrogens is 254 g/mol. The number of aliphatic hydroxyl groups is 1. The van der Waals surface area contributed by atoms with Crippen molar-refractivity contribution in [3.05, 3.63) is 53.9 Å².